The summed E-state index contributed by atoms with van der Waals surface area (Å²) >= 11 is 6.08. The smallest absolute Gasteiger partial charge is 0.255 e. The predicted molar refractivity (Wildman–Crippen MR) is 133 cm³/mol. The van der Waals surface area contributed by atoms with Crippen LogP contribution in [-0.4, -0.2) is 24.2 Å². The Balaban J connectivity index is 1.81. The molecule has 0 atom stereocenters. The van der Waals surface area contributed by atoms with Gasteiger partial charge in [-0.2, -0.15) is 0 Å². The molecule has 5 rings (SSSR count). The standard InChI is InChI=1S/C25H18ClN3O3S/c1-33(31,32)19-7-5-18(6-8-19)29-24(30)11-4-17-14-28-23-10-3-15(12-20(23)25(17)29)16-2-9-21(26)22(27)13-16/h2-14H,27H2,1H3. The number of aromatic nitrogens is 2. The summed E-state index contributed by atoms with van der Waals surface area (Å²) in [6, 6.07) is 20.7. The highest BCUT2D eigenvalue weighted by Crippen LogP contribution is 2.32. The van der Waals surface area contributed by atoms with E-state index in [1.807, 2.05) is 24.3 Å². The maximum Gasteiger partial charge on any atom is 0.255 e. The van der Waals surface area contributed by atoms with Gasteiger partial charge in [0.2, 0.25) is 0 Å². The monoisotopic (exact) mass is 475 g/mol. The normalized spacial score (nSPS) is 11.8. The van der Waals surface area contributed by atoms with Crippen LogP contribution in [0.25, 0.3) is 38.6 Å². The van der Waals surface area contributed by atoms with Crippen LogP contribution in [0.2, 0.25) is 5.02 Å². The van der Waals surface area contributed by atoms with Gasteiger partial charge in [0.1, 0.15) is 0 Å². The van der Waals surface area contributed by atoms with Gasteiger partial charge >= 0.3 is 0 Å². The second-order valence-electron chi connectivity index (χ2n) is 7.80. The molecule has 0 radical (unpaired) electrons. The first kappa shape index (κ1) is 21.2. The summed E-state index contributed by atoms with van der Waals surface area (Å²) in [4.78, 5) is 17.7. The number of hydrogen-bond donors (Lipinski definition) is 1. The maximum atomic E-state index is 13.0. The van der Waals surface area contributed by atoms with E-state index in [-0.39, 0.29) is 10.5 Å². The van der Waals surface area contributed by atoms with Crippen LogP contribution < -0.4 is 11.3 Å². The van der Waals surface area contributed by atoms with Crippen molar-refractivity contribution >= 4 is 48.9 Å². The SMILES string of the molecule is CS(=O)(=O)c1ccc(-n2c(=O)ccc3cnc4ccc(-c5ccc(Cl)c(N)c5)cc4c32)cc1. The van der Waals surface area contributed by atoms with Crippen LogP contribution in [0.1, 0.15) is 0 Å². The van der Waals surface area contributed by atoms with Crippen LogP contribution in [-0.2, 0) is 9.84 Å². The number of halogens is 1. The minimum atomic E-state index is -3.35. The summed E-state index contributed by atoms with van der Waals surface area (Å²) < 4.78 is 25.3. The first-order valence-corrected chi connectivity index (χ1v) is 12.3. The molecule has 0 amide bonds. The van der Waals surface area contributed by atoms with Crippen molar-refractivity contribution in [3.63, 3.8) is 0 Å². The van der Waals surface area contributed by atoms with E-state index in [0.29, 0.717) is 21.9 Å². The Morgan fingerprint density at radius 3 is 2.30 bits per heavy atom. The number of hydrogen-bond acceptors (Lipinski definition) is 5. The third kappa shape index (κ3) is 3.75. The quantitative estimate of drug-likeness (QED) is 0.297. The third-order valence-electron chi connectivity index (χ3n) is 5.57. The summed E-state index contributed by atoms with van der Waals surface area (Å²) in [5.41, 5.74) is 9.99. The summed E-state index contributed by atoms with van der Waals surface area (Å²) in [7, 11) is -3.35. The van der Waals surface area contributed by atoms with Gasteiger partial charge in [0.05, 0.1) is 26.6 Å². The molecule has 8 heteroatoms. The van der Waals surface area contributed by atoms with E-state index in [1.54, 1.807) is 41.1 Å². The van der Waals surface area contributed by atoms with Gasteiger partial charge in [0.15, 0.2) is 9.84 Å². The Labute approximate surface area is 194 Å². The number of rotatable bonds is 3. The molecule has 0 saturated carbocycles. The van der Waals surface area contributed by atoms with Crippen molar-refractivity contribution in [1.29, 1.82) is 0 Å². The molecule has 6 nitrogen and oxygen atoms in total. The van der Waals surface area contributed by atoms with Crippen LogP contribution in [0.15, 0.2) is 88.7 Å². The topological polar surface area (TPSA) is 95.0 Å². The van der Waals surface area contributed by atoms with Gasteiger partial charge < -0.3 is 5.73 Å². The van der Waals surface area contributed by atoms with Crippen LogP contribution in [0, 0.1) is 0 Å². The lowest BCUT2D eigenvalue weighted by molar-refractivity contribution is 0.602. The van der Waals surface area contributed by atoms with Gasteiger partial charge in [-0.05, 0) is 65.7 Å². The van der Waals surface area contributed by atoms with E-state index in [9.17, 15) is 13.2 Å². The van der Waals surface area contributed by atoms with Crippen molar-refractivity contribution < 1.29 is 8.42 Å². The second kappa shape index (κ2) is 7.72. The molecule has 0 unspecified atom stereocenters. The first-order chi connectivity index (χ1) is 15.7. The maximum absolute atomic E-state index is 13.0. The number of nitrogens with zero attached hydrogens (tertiary/aromatic N) is 2. The highest BCUT2D eigenvalue weighted by molar-refractivity contribution is 7.90. The number of pyridine rings is 2. The Hall–Kier alpha value is -3.68. The van der Waals surface area contributed by atoms with Gasteiger partial charge in [-0.3, -0.25) is 14.3 Å². The van der Waals surface area contributed by atoms with Crippen molar-refractivity contribution in [3.05, 3.63) is 94.4 Å². The van der Waals surface area contributed by atoms with Gasteiger partial charge in [-0.25, -0.2) is 8.42 Å². The number of benzene rings is 3. The van der Waals surface area contributed by atoms with E-state index >= 15 is 0 Å². The van der Waals surface area contributed by atoms with Gasteiger partial charge in [-0.1, -0.05) is 23.7 Å². The molecule has 2 heterocycles. The van der Waals surface area contributed by atoms with Gasteiger partial charge in [-0.15, -0.1) is 0 Å². The summed E-state index contributed by atoms with van der Waals surface area (Å²) in [6.07, 6.45) is 2.87. The molecular formula is C25H18ClN3O3S. The predicted octanol–water partition coefficient (Wildman–Crippen LogP) is 4.85. The van der Waals surface area contributed by atoms with E-state index < -0.39 is 9.84 Å². The molecule has 3 aromatic carbocycles. The van der Waals surface area contributed by atoms with E-state index in [2.05, 4.69) is 4.98 Å². The minimum Gasteiger partial charge on any atom is -0.398 e. The molecule has 0 fully saturated rings. The third-order valence-corrected chi connectivity index (χ3v) is 7.04. The lowest BCUT2D eigenvalue weighted by Gasteiger charge is -2.14. The van der Waals surface area contributed by atoms with Gasteiger partial charge in [0.25, 0.3) is 5.56 Å². The van der Waals surface area contributed by atoms with Crippen LogP contribution >= 0.6 is 11.6 Å². The fourth-order valence-electron chi connectivity index (χ4n) is 3.91. The molecule has 2 N–H and O–H groups in total. The Morgan fingerprint density at radius 1 is 0.909 bits per heavy atom. The van der Waals surface area contributed by atoms with Crippen LogP contribution in [0.3, 0.4) is 0 Å². The molecule has 0 aliphatic carbocycles. The Bertz CT molecular complexity index is 1730. The molecule has 0 aliphatic rings. The average molecular weight is 476 g/mol. The molecule has 0 aliphatic heterocycles. The van der Waals surface area contributed by atoms with Crippen molar-refractivity contribution in [1.82, 2.24) is 9.55 Å². The van der Waals surface area contributed by atoms with E-state index in [0.717, 1.165) is 33.7 Å². The lowest BCUT2D eigenvalue weighted by Crippen LogP contribution is -2.17. The zero-order chi connectivity index (χ0) is 23.3. The molecule has 164 valence electrons. The largest absolute Gasteiger partial charge is 0.398 e. The van der Waals surface area contributed by atoms with Gasteiger partial charge in [0, 0.05) is 35.0 Å². The number of anilines is 1. The van der Waals surface area contributed by atoms with E-state index in [1.165, 1.54) is 18.2 Å². The first-order valence-electron chi connectivity index (χ1n) is 10.0. The molecule has 2 aromatic heterocycles. The Kier molecular flexibility index (Phi) is 4.96. The van der Waals surface area contributed by atoms with Crippen LogP contribution in [0.4, 0.5) is 5.69 Å². The lowest BCUT2D eigenvalue weighted by atomic mass is 10.0. The number of nitrogens with two attached hydrogens (primary N) is 1. The fourth-order valence-corrected chi connectivity index (χ4v) is 4.66. The highest BCUT2D eigenvalue weighted by Gasteiger charge is 2.13. The highest BCUT2D eigenvalue weighted by atomic mass is 35.5. The molecule has 0 spiro atoms. The average Bonchev–Trinajstić information content (AvgIpc) is 2.80. The summed E-state index contributed by atoms with van der Waals surface area (Å²) in [5.74, 6) is 0. The van der Waals surface area contributed by atoms with Crippen molar-refractivity contribution in [2.24, 2.45) is 0 Å². The molecule has 0 bridgehead atoms. The zero-order valence-electron chi connectivity index (χ0n) is 17.5. The summed E-state index contributed by atoms with van der Waals surface area (Å²) in [6.45, 7) is 0. The minimum absolute atomic E-state index is 0.189. The van der Waals surface area contributed by atoms with Crippen molar-refractivity contribution in [2.45, 2.75) is 4.90 Å². The molecule has 33 heavy (non-hydrogen) atoms. The second-order valence-corrected chi connectivity index (χ2v) is 10.2. The van der Waals surface area contributed by atoms with E-state index in [4.69, 9.17) is 17.3 Å². The number of fused-ring (bicyclic) bond motifs is 3. The number of nitrogen functional groups attached to an aromatic ring is 1. The fraction of sp³-hybridized carbons (Fsp3) is 0.0400. The zero-order valence-corrected chi connectivity index (χ0v) is 19.1. The molecular weight excluding hydrogens is 458 g/mol. The van der Waals surface area contributed by atoms with Crippen molar-refractivity contribution in [3.8, 4) is 16.8 Å². The Morgan fingerprint density at radius 2 is 1.61 bits per heavy atom. The number of sulfone groups is 1. The summed E-state index contributed by atoms with van der Waals surface area (Å²) in [5, 5.41) is 2.04. The van der Waals surface area contributed by atoms with Crippen molar-refractivity contribution in [2.75, 3.05) is 12.0 Å². The van der Waals surface area contributed by atoms with Crippen LogP contribution in [0.5, 0.6) is 0 Å². The molecule has 0 saturated heterocycles. The molecule has 5 aromatic rings.